The van der Waals surface area contributed by atoms with Gasteiger partial charge in [0.05, 0.1) is 5.02 Å². The third-order valence-corrected chi connectivity index (χ3v) is 1.78. The van der Waals surface area contributed by atoms with Gasteiger partial charge in [0.2, 0.25) is 0 Å². The number of pyridine rings is 1. The van der Waals surface area contributed by atoms with Crippen LogP contribution in [-0.4, -0.2) is 4.98 Å². The number of rotatable bonds is 2. The van der Waals surface area contributed by atoms with E-state index in [0.29, 0.717) is 0 Å². The van der Waals surface area contributed by atoms with Gasteiger partial charge in [-0.15, -0.1) is 0 Å². The van der Waals surface area contributed by atoms with E-state index in [9.17, 15) is 13.2 Å². The zero-order valence-electron chi connectivity index (χ0n) is 6.40. The Morgan fingerprint density at radius 1 is 1.54 bits per heavy atom. The molecule has 1 aromatic heterocycles. The van der Waals surface area contributed by atoms with Gasteiger partial charge in [0, 0.05) is 18.3 Å². The Morgan fingerprint density at radius 2 is 2.15 bits per heavy atom. The maximum absolute atomic E-state index is 13.0. The summed E-state index contributed by atoms with van der Waals surface area (Å²) in [6.45, 7) is -0.348. The molecule has 2 nitrogen and oxygen atoms in total. The van der Waals surface area contributed by atoms with E-state index in [1.807, 2.05) is 0 Å². The van der Waals surface area contributed by atoms with E-state index in [0.717, 1.165) is 6.20 Å². The number of nitrogens with two attached hydrogens (primary N) is 1. The number of hydrogen-bond donors (Lipinski definition) is 1. The van der Waals surface area contributed by atoms with Gasteiger partial charge in [0.1, 0.15) is 11.5 Å². The van der Waals surface area contributed by atoms with Crippen molar-refractivity contribution >= 4 is 11.6 Å². The van der Waals surface area contributed by atoms with Crippen LogP contribution in [0.3, 0.4) is 0 Å². The standard InChI is InChI=1S/C7H6ClF3N2/c8-4-2-13-6(7(10)11)3(1-12)5(4)9/h2,7H,1,12H2. The Hall–Kier alpha value is -0.810. The lowest BCUT2D eigenvalue weighted by Crippen LogP contribution is -2.07. The van der Waals surface area contributed by atoms with Crippen molar-refractivity contribution in [3.8, 4) is 0 Å². The molecule has 13 heavy (non-hydrogen) atoms. The van der Waals surface area contributed by atoms with Crippen LogP contribution in [0.25, 0.3) is 0 Å². The first-order valence-electron chi connectivity index (χ1n) is 3.39. The van der Waals surface area contributed by atoms with Crippen LogP contribution in [-0.2, 0) is 6.54 Å². The number of aromatic nitrogens is 1. The highest BCUT2D eigenvalue weighted by molar-refractivity contribution is 6.30. The first-order chi connectivity index (χ1) is 6.07. The van der Waals surface area contributed by atoms with E-state index in [2.05, 4.69) is 4.98 Å². The van der Waals surface area contributed by atoms with Gasteiger partial charge in [-0.1, -0.05) is 11.6 Å². The largest absolute Gasteiger partial charge is 0.326 e. The molecule has 0 radical (unpaired) electrons. The molecule has 0 spiro atoms. The van der Waals surface area contributed by atoms with Crippen molar-refractivity contribution in [2.75, 3.05) is 0 Å². The van der Waals surface area contributed by atoms with Gasteiger partial charge in [0.25, 0.3) is 6.43 Å². The smallest absolute Gasteiger partial charge is 0.280 e. The molecule has 6 heteroatoms. The summed E-state index contributed by atoms with van der Waals surface area (Å²) >= 11 is 5.33. The summed E-state index contributed by atoms with van der Waals surface area (Å²) in [5.74, 6) is -0.922. The van der Waals surface area contributed by atoms with Crippen molar-refractivity contribution in [3.05, 3.63) is 28.3 Å². The van der Waals surface area contributed by atoms with Crippen molar-refractivity contribution in [1.29, 1.82) is 0 Å². The van der Waals surface area contributed by atoms with E-state index in [1.54, 1.807) is 0 Å². The number of halogens is 4. The molecule has 0 bridgehead atoms. The Labute approximate surface area is 77.5 Å². The molecule has 0 aliphatic carbocycles. The first-order valence-corrected chi connectivity index (χ1v) is 3.76. The number of hydrogen-bond acceptors (Lipinski definition) is 2. The second-order valence-electron chi connectivity index (χ2n) is 2.29. The van der Waals surface area contributed by atoms with E-state index < -0.39 is 17.9 Å². The molecule has 0 atom stereocenters. The van der Waals surface area contributed by atoms with Gasteiger partial charge in [-0.05, 0) is 0 Å². The topological polar surface area (TPSA) is 38.9 Å². The van der Waals surface area contributed by atoms with Gasteiger partial charge < -0.3 is 5.73 Å². The van der Waals surface area contributed by atoms with Crippen LogP contribution in [0, 0.1) is 5.82 Å². The van der Waals surface area contributed by atoms with Crippen LogP contribution in [0.15, 0.2) is 6.20 Å². The van der Waals surface area contributed by atoms with E-state index in [4.69, 9.17) is 17.3 Å². The van der Waals surface area contributed by atoms with Crippen LogP contribution in [0.1, 0.15) is 17.7 Å². The van der Waals surface area contributed by atoms with E-state index in [-0.39, 0.29) is 17.1 Å². The molecular weight excluding hydrogens is 205 g/mol. The number of nitrogens with zero attached hydrogens (tertiary/aromatic N) is 1. The van der Waals surface area contributed by atoms with Crippen LogP contribution < -0.4 is 5.73 Å². The molecule has 0 fully saturated rings. The monoisotopic (exact) mass is 210 g/mol. The van der Waals surface area contributed by atoms with Crippen molar-refractivity contribution in [3.63, 3.8) is 0 Å². The van der Waals surface area contributed by atoms with Gasteiger partial charge >= 0.3 is 0 Å². The summed E-state index contributed by atoms with van der Waals surface area (Å²) in [6, 6.07) is 0. The Bertz CT molecular complexity index is 317. The molecule has 0 aliphatic heterocycles. The molecule has 0 aromatic carbocycles. The van der Waals surface area contributed by atoms with Crippen molar-refractivity contribution in [2.45, 2.75) is 13.0 Å². The lowest BCUT2D eigenvalue weighted by atomic mass is 10.2. The molecule has 0 aliphatic rings. The van der Waals surface area contributed by atoms with Crippen molar-refractivity contribution < 1.29 is 13.2 Å². The van der Waals surface area contributed by atoms with Gasteiger partial charge in [0.15, 0.2) is 0 Å². The number of alkyl halides is 2. The lowest BCUT2D eigenvalue weighted by Gasteiger charge is -2.07. The van der Waals surface area contributed by atoms with Gasteiger partial charge in [-0.25, -0.2) is 13.2 Å². The quantitative estimate of drug-likeness (QED) is 0.813. The lowest BCUT2D eigenvalue weighted by molar-refractivity contribution is 0.144. The van der Waals surface area contributed by atoms with E-state index >= 15 is 0 Å². The van der Waals surface area contributed by atoms with Gasteiger partial charge in [-0.3, -0.25) is 4.98 Å². The van der Waals surface area contributed by atoms with E-state index in [1.165, 1.54) is 0 Å². The predicted octanol–water partition coefficient (Wildman–Crippen LogP) is 2.27. The minimum Gasteiger partial charge on any atom is -0.326 e. The van der Waals surface area contributed by atoms with Crippen LogP contribution >= 0.6 is 11.6 Å². The summed E-state index contributed by atoms with van der Waals surface area (Å²) in [6.07, 6.45) is -2.00. The molecule has 0 unspecified atom stereocenters. The highest BCUT2D eigenvalue weighted by atomic mass is 35.5. The summed E-state index contributed by atoms with van der Waals surface area (Å²) in [7, 11) is 0. The fourth-order valence-corrected chi connectivity index (χ4v) is 1.06. The Morgan fingerprint density at radius 3 is 2.62 bits per heavy atom. The highest BCUT2D eigenvalue weighted by Crippen LogP contribution is 2.26. The van der Waals surface area contributed by atoms with Crippen molar-refractivity contribution in [2.24, 2.45) is 5.73 Å². The third-order valence-electron chi connectivity index (χ3n) is 1.51. The third kappa shape index (κ3) is 1.92. The molecule has 2 N–H and O–H groups in total. The maximum atomic E-state index is 13.0. The fourth-order valence-electron chi connectivity index (χ4n) is 0.900. The average Bonchev–Trinajstić information content (AvgIpc) is 2.09. The van der Waals surface area contributed by atoms with Crippen LogP contribution in [0.2, 0.25) is 5.02 Å². The molecule has 1 aromatic rings. The maximum Gasteiger partial charge on any atom is 0.280 e. The second-order valence-corrected chi connectivity index (χ2v) is 2.70. The van der Waals surface area contributed by atoms with Crippen molar-refractivity contribution in [1.82, 2.24) is 4.98 Å². The van der Waals surface area contributed by atoms with Crippen LogP contribution in [0.4, 0.5) is 13.2 Å². The molecular formula is C7H6ClF3N2. The molecule has 0 amide bonds. The zero-order chi connectivity index (χ0) is 10.0. The predicted molar refractivity (Wildman–Crippen MR) is 42.1 cm³/mol. The molecule has 1 rings (SSSR count). The minimum absolute atomic E-state index is 0.301. The normalized spacial score (nSPS) is 10.9. The fraction of sp³-hybridized carbons (Fsp3) is 0.286. The SMILES string of the molecule is NCc1c(C(F)F)ncc(Cl)c1F. The second kappa shape index (κ2) is 3.93. The average molecular weight is 211 g/mol. The summed E-state index contributed by atoms with van der Waals surface area (Å²) in [5.41, 5.74) is 4.11. The molecule has 0 saturated heterocycles. The molecule has 0 saturated carbocycles. The Balaban J connectivity index is 3.30. The summed E-state index contributed by atoms with van der Waals surface area (Å²) in [5, 5.41) is -0.301. The Kier molecular flexibility index (Phi) is 3.11. The minimum atomic E-state index is -2.84. The van der Waals surface area contributed by atoms with Gasteiger partial charge in [-0.2, -0.15) is 0 Å². The summed E-state index contributed by atoms with van der Waals surface area (Å²) in [4.78, 5) is 3.31. The first kappa shape index (κ1) is 10.3. The molecule has 72 valence electrons. The molecule has 1 heterocycles. The summed E-state index contributed by atoms with van der Waals surface area (Å²) < 4.78 is 37.4. The highest BCUT2D eigenvalue weighted by Gasteiger charge is 2.19. The van der Waals surface area contributed by atoms with Crippen LogP contribution in [0.5, 0.6) is 0 Å². The zero-order valence-corrected chi connectivity index (χ0v) is 7.15.